The highest BCUT2D eigenvalue weighted by Crippen LogP contribution is 2.17. The van der Waals surface area contributed by atoms with Gasteiger partial charge in [0.2, 0.25) is 0 Å². The summed E-state index contributed by atoms with van der Waals surface area (Å²) in [7, 11) is 0. The molecule has 6 heteroatoms. The average Bonchev–Trinajstić information content (AvgIpc) is 3.18. The van der Waals surface area contributed by atoms with E-state index < -0.39 is 6.10 Å². The quantitative estimate of drug-likeness (QED) is 0.0346. The van der Waals surface area contributed by atoms with Crippen molar-refractivity contribution in [3.8, 4) is 0 Å². The molecule has 1 atom stereocenters. The molecule has 0 saturated carbocycles. The van der Waals surface area contributed by atoms with Crippen LogP contribution in [0.15, 0.2) is 0 Å². The normalized spacial score (nSPS) is 12.1. The molecule has 0 rings (SSSR count). The predicted octanol–water partition coefficient (Wildman–Crippen LogP) is 16.1. The lowest BCUT2D eigenvalue weighted by atomic mass is 10.0. The zero-order chi connectivity index (χ0) is 41.9. The van der Waals surface area contributed by atoms with Crippen LogP contribution in [0, 0.1) is 11.8 Å². The first-order chi connectivity index (χ1) is 27.7. The SMILES string of the molecule is CCCCCCCCCCCCCC(=O)OC[C@H](COC(=O)CCCCCCCCCCCCCCC(C)C)OC(=O)CCCCCCCCCCCCC(C)C. The second-order valence-corrected chi connectivity index (χ2v) is 18.4. The molecule has 0 spiro atoms. The van der Waals surface area contributed by atoms with Crippen molar-refractivity contribution >= 4 is 17.9 Å². The number of esters is 3. The van der Waals surface area contributed by atoms with E-state index in [4.69, 9.17) is 14.2 Å². The van der Waals surface area contributed by atoms with Gasteiger partial charge in [-0.2, -0.15) is 0 Å². The van der Waals surface area contributed by atoms with Crippen LogP contribution in [-0.2, 0) is 28.6 Å². The monoisotopic (exact) mass is 807 g/mol. The number of hydrogen-bond acceptors (Lipinski definition) is 6. The standard InChI is InChI=1S/C51H98O6/c1-6-7-8-9-10-11-14-21-26-31-36-41-49(52)55-44-48(57-51(54)43-38-33-28-23-18-17-20-25-30-35-40-47(4)5)45-56-50(53)42-37-32-27-22-16-13-12-15-19-24-29-34-39-46(2)3/h46-48H,6-45H2,1-5H3/t48-/m1/s1. The second-order valence-electron chi connectivity index (χ2n) is 18.4. The molecule has 6 nitrogen and oxygen atoms in total. The van der Waals surface area contributed by atoms with E-state index in [-0.39, 0.29) is 31.1 Å². The van der Waals surface area contributed by atoms with Gasteiger partial charge in [0.05, 0.1) is 0 Å². The molecule has 338 valence electrons. The minimum absolute atomic E-state index is 0.0640. The van der Waals surface area contributed by atoms with Gasteiger partial charge in [0, 0.05) is 19.3 Å². The van der Waals surface area contributed by atoms with Crippen LogP contribution in [0.5, 0.6) is 0 Å². The van der Waals surface area contributed by atoms with Crippen molar-refractivity contribution in [2.24, 2.45) is 11.8 Å². The predicted molar refractivity (Wildman–Crippen MR) is 243 cm³/mol. The van der Waals surface area contributed by atoms with E-state index in [2.05, 4.69) is 34.6 Å². The maximum atomic E-state index is 12.8. The van der Waals surface area contributed by atoms with Crippen molar-refractivity contribution in [2.75, 3.05) is 13.2 Å². The first-order valence-electron chi connectivity index (χ1n) is 25.2. The van der Waals surface area contributed by atoms with Crippen LogP contribution >= 0.6 is 0 Å². The number of ether oxygens (including phenoxy) is 3. The zero-order valence-electron chi connectivity index (χ0n) is 39.0. The molecule has 0 aliphatic heterocycles. The highest BCUT2D eigenvalue weighted by atomic mass is 16.6. The fourth-order valence-electron chi connectivity index (χ4n) is 7.64. The number of carbonyl (C=O) groups is 3. The Kier molecular flexibility index (Phi) is 42.7. The van der Waals surface area contributed by atoms with Gasteiger partial charge in [0.1, 0.15) is 13.2 Å². The van der Waals surface area contributed by atoms with E-state index in [9.17, 15) is 14.4 Å². The lowest BCUT2D eigenvalue weighted by molar-refractivity contribution is -0.167. The third-order valence-corrected chi connectivity index (χ3v) is 11.5. The van der Waals surface area contributed by atoms with Crippen molar-refractivity contribution in [2.45, 2.75) is 285 Å². The molecule has 0 aromatic rings. The molecule has 0 saturated heterocycles. The molecule has 0 N–H and O–H groups in total. The van der Waals surface area contributed by atoms with Gasteiger partial charge in [-0.1, -0.05) is 240 Å². The second kappa shape index (κ2) is 44.0. The number of carbonyl (C=O) groups excluding carboxylic acids is 3. The highest BCUT2D eigenvalue weighted by molar-refractivity contribution is 5.71. The smallest absolute Gasteiger partial charge is 0.306 e. The van der Waals surface area contributed by atoms with Crippen LogP contribution in [0.4, 0.5) is 0 Å². The molecule has 0 amide bonds. The van der Waals surface area contributed by atoms with Crippen molar-refractivity contribution in [1.29, 1.82) is 0 Å². The van der Waals surface area contributed by atoms with Crippen LogP contribution in [0.3, 0.4) is 0 Å². The highest BCUT2D eigenvalue weighted by Gasteiger charge is 2.19. The fourth-order valence-corrected chi connectivity index (χ4v) is 7.64. The Morgan fingerprint density at radius 2 is 0.579 bits per heavy atom. The van der Waals surface area contributed by atoms with Gasteiger partial charge >= 0.3 is 17.9 Å². The molecule has 0 unspecified atom stereocenters. The molecule has 0 fully saturated rings. The summed E-state index contributed by atoms with van der Waals surface area (Å²) >= 11 is 0. The third-order valence-electron chi connectivity index (χ3n) is 11.5. The largest absolute Gasteiger partial charge is 0.462 e. The van der Waals surface area contributed by atoms with E-state index >= 15 is 0 Å². The van der Waals surface area contributed by atoms with Gasteiger partial charge in [-0.15, -0.1) is 0 Å². The van der Waals surface area contributed by atoms with Gasteiger partial charge < -0.3 is 14.2 Å². The van der Waals surface area contributed by atoms with Gasteiger partial charge in [0.15, 0.2) is 6.10 Å². The summed E-state index contributed by atoms with van der Waals surface area (Å²) in [5.74, 6) is 0.799. The summed E-state index contributed by atoms with van der Waals surface area (Å²) < 4.78 is 16.8. The Labute approximate surface area is 355 Å². The molecule has 0 aliphatic rings. The van der Waals surface area contributed by atoms with Gasteiger partial charge in [-0.3, -0.25) is 14.4 Å². The topological polar surface area (TPSA) is 78.9 Å². The number of hydrogen-bond donors (Lipinski definition) is 0. The molecule has 0 heterocycles. The van der Waals surface area contributed by atoms with Crippen molar-refractivity contribution in [1.82, 2.24) is 0 Å². The third kappa shape index (κ3) is 45.3. The van der Waals surface area contributed by atoms with E-state index in [0.717, 1.165) is 69.6 Å². The Bertz CT molecular complexity index is 870. The molecule has 0 aliphatic carbocycles. The summed E-state index contributed by atoms with van der Waals surface area (Å²) in [4.78, 5) is 37.9. The van der Waals surface area contributed by atoms with Crippen molar-refractivity contribution in [3.05, 3.63) is 0 Å². The van der Waals surface area contributed by atoms with E-state index in [1.807, 2.05) is 0 Å². The Morgan fingerprint density at radius 3 is 0.860 bits per heavy atom. The van der Waals surface area contributed by atoms with E-state index in [1.54, 1.807) is 0 Å². The Balaban J connectivity index is 4.31. The van der Waals surface area contributed by atoms with Crippen molar-refractivity contribution in [3.63, 3.8) is 0 Å². The maximum absolute atomic E-state index is 12.8. The van der Waals surface area contributed by atoms with Gasteiger partial charge in [-0.25, -0.2) is 0 Å². The Morgan fingerprint density at radius 1 is 0.333 bits per heavy atom. The minimum Gasteiger partial charge on any atom is -0.462 e. The molecule has 0 aromatic carbocycles. The number of unbranched alkanes of at least 4 members (excludes halogenated alkanes) is 30. The maximum Gasteiger partial charge on any atom is 0.306 e. The minimum atomic E-state index is -0.761. The molecule has 0 radical (unpaired) electrons. The number of rotatable bonds is 45. The first-order valence-corrected chi connectivity index (χ1v) is 25.2. The average molecular weight is 807 g/mol. The lowest BCUT2D eigenvalue weighted by Gasteiger charge is -2.18. The van der Waals surface area contributed by atoms with Crippen molar-refractivity contribution < 1.29 is 28.6 Å². The summed E-state index contributed by atoms with van der Waals surface area (Å²) in [6.07, 6.45) is 43.7. The van der Waals surface area contributed by atoms with Crippen LogP contribution < -0.4 is 0 Å². The molecular formula is C51H98O6. The van der Waals surface area contributed by atoms with E-state index in [1.165, 1.54) is 167 Å². The molecule has 57 heavy (non-hydrogen) atoms. The molecule has 0 bridgehead atoms. The summed E-state index contributed by atoms with van der Waals surface area (Å²) in [6, 6.07) is 0. The Hall–Kier alpha value is -1.59. The van der Waals surface area contributed by atoms with Crippen LogP contribution in [0.2, 0.25) is 0 Å². The lowest BCUT2D eigenvalue weighted by Crippen LogP contribution is -2.30. The molecular weight excluding hydrogens is 709 g/mol. The summed E-state index contributed by atoms with van der Waals surface area (Å²) in [5, 5.41) is 0. The summed E-state index contributed by atoms with van der Waals surface area (Å²) in [6.45, 7) is 11.4. The zero-order valence-corrected chi connectivity index (χ0v) is 39.0. The van der Waals surface area contributed by atoms with Crippen LogP contribution in [0.1, 0.15) is 279 Å². The van der Waals surface area contributed by atoms with Crippen LogP contribution in [0.25, 0.3) is 0 Å². The van der Waals surface area contributed by atoms with E-state index in [0.29, 0.717) is 19.3 Å². The molecule has 0 aromatic heterocycles. The fraction of sp³-hybridized carbons (Fsp3) is 0.941. The van der Waals surface area contributed by atoms with Crippen LogP contribution in [-0.4, -0.2) is 37.2 Å². The van der Waals surface area contributed by atoms with Gasteiger partial charge in [-0.05, 0) is 31.1 Å². The summed E-state index contributed by atoms with van der Waals surface area (Å²) in [5.41, 5.74) is 0. The first kappa shape index (κ1) is 55.4. The van der Waals surface area contributed by atoms with Gasteiger partial charge in [0.25, 0.3) is 0 Å².